The van der Waals surface area contributed by atoms with Crippen LogP contribution in [0.25, 0.3) is 6.08 Å². The van der Waals surface area contributed by atoms with E-state index in [2.05, 4.69) is 0 Å². The third kappa shape index (κ3) is 6.88. The molecule has 4 heterocycles. The first-order valence-electron chi connectivity index (χ1n) is 12.9. The van der Waals surface area contributed by atoms with E-state index in [-0.39, 0.29) is 37.7 Å². The summed E-state index contributed by atoms with van der Waals surface area (Å²) in [6.07, 6.45) is 8.79. The van der Waals surface area contributed by atoms with Gasteiger partial charge >= 0.3 is 11.9 Å². The molecule has 0 radical (unpaired) electrons. The minimum absolute atomic E-state index is 0.132. The molecule has 0 fully saturated rings. The number of carbonyl (C=O) groups excluding carboxylic acids is 2. The second kappa shape index (κ2) is 12.5. The first-order valence-corrected chi connectivity index (χ1v) is 12.9. The van der Waals surface area contributed by atoms with Gasteiger partial charge in [-0.25, -0.2) is 9.59 Å². The molecule has 10 nitrogen and oxygen atoms in total. The van der Waals surface area contributed by atoms with E-state index in [1.165, 1.54) is 12.2 Å². The van der Waals surface area contributed by atoms with Crippen LogP contribution in [0.4, 0.5) is 0 Å². The molecule has 2 aromatic carbocycles. The van der Waals surface area contributed by atoms with Crippen LogP contribution in [-0.2, 0) is 35.0 Å². The highest BCUT2D eigenvalue weighted by Crippen LogP contribution is 2.34. The molecular weight excluding hydrogens is 520 g/mol. The van der Waals surface area contributed by atoms with Crippen molar-refractivity contribution in [1.29, 1.82) is 0 Å². The monoisotopic (exact) mass is 550 g/mol. The SMILES string of the molecule is COC1=CC(=O)O[C@H](/C=C/c2ccc3c(c2)OCO3)C1.COC1=CC(=O)O[C@H](CCc2ccc3c(c2)OCO3)C1. The minimum atomic E-state index is -0.381. The maximum absolute atomic E-state index is 11.4. The molecule has 6 rings (SSSR count). The molecule has 2 aromatic rings. The largest absolute Gasteiger partial charge is 0.501 e. The number of cyclic esters (lactones) is 2. The number of esters is 2. The Morgan fingerprint density at radius 2 is 1.40 bits per heavy atom. The van der Waals surface area contributed by atoms with Crippen molar-refractivity contribution in [3.8, 4) is 23.0 Å². The lowest BCUT2D eigenvalue weighted by Gasteiger charge is -2.22. The number of carbonyl (C=O) groups is 2. The van der Waals surface area contributed by atoms with Gasteiger partial charge in [-0.2, -0.15) is 0 Å². The van der Waals surface area contributed by atoms with Gasteiger partial charge in [0.15, 0.2) is 23.0 Å². The summed E-state index contributed by atoms with van der Waals surface area (Å²) in [4.78, 5) is 22.8. The van der Waals surface area contributed by atoms with Crippen LogP contribution in [0.1, 0.15) is 30.4 Å². The zero-order chi connectivity index (χ0) is 27.9. The summed E-state index contributed by atoms with van der Waals surface area (Å²) in [6.45, 7) is 0.533. The molecule has 0 unspecified atom stereocenters. The molecule has 2 atom stereocenters. The third-order valence-electron chi connectivity index (χ3n) is 6.56. The number of aryl methyl sites for hydroxylation is 1. The number of hydrogen-bond donors (Lipinski definition) is 0. The highest BCUT2D eigenvalue weighted by atomic mass is 16.7. The Hall–Kier alpha value is -4.60. The molecule has 0 N–H and O–H groups in total. The van der Waals surface area contributed by atoms with Crippen LogP contribution in [0.2, 0.25) is 0 Å². The van der Waals surface area contributed by atoms with Gasteiger partial charge in [-0.05, 0) is 54.3 Å². The average molecular weight is 551 g/mol. The van der Waals surface area contributed by atoms with E-state index in [0.29, 0.717) is 24.4 Å². The first-order chi connectivity index (χ1) is 19.5. The molecule has 210 valence electrons. The summed E-state index contributed by atoms with van der Waals surface area (Å²) < 4.78 is 41.9. The molecule has 0 aromatic heterocycles. The van der Waals surface area contributed by atoms with E-state index in [9.17, 15) is 9.59 Å². The number of benzene rings is 2. The average Bonchev–Trinajstić information content (AvgIpc) is 3.63. The van der Waals surface area contributed by atoms with Crippen LogP contribution in [-0.4, -0.2) is 52.0 Å². The molecule has 0 amide bonds. The van der Waals surface area contributed by atoms with Crippen molar-refractivity contribution in [3.63, 3.8) is 0 Å². The molecule has 0 aliphatic carbocycles. The maximum Gasteiger partial charge on any atom is 0.334 e. The lowest BCUT2D eigenvalue weighted by atomic mass is 10.0. The number of fused-ring (bicyclic) bond motifs is 2. The van der Waals surface area contributed by atoms with Gasteiger partial charge in [-0.15, -0.1) is 0 Å². The summed E-state index contributed by atoms with van der Waals surface area (Å²) in [7, 11) is 3.11. The minimum Gasteiger partial charge on any atom is -0.501 e. The van der Waals surface area contributed by atoms with E-state index >= 15 is 0 Å². The molecular formula is C30H30O10. The Bertz CT molecular complexity index is 1340. The number of methoxy groups -OCH3 is 2. The Labute approximate surface area is 231 Å². The third-order valence-corrected chi connectivity index (χ3v) is 6.56. The lowest BCUT2D eigenvalue weighted by molar-refractivity contribution is -0.145. The predicted octanol–water partition coefficient (Wildman–Crippen LogP) is 4.47. The Balaban J connectivity index is 0.000000161. The zero-order valence-electron chi connectivity index (χ0n) is 22.3. The van der Waals surface area contributed by atoms with Crippen molar-refractivity contribution >= 4 is 18.0 Å². The van der Waals surface area contributed by atoms with Gasteiger partial charge in [0.1, 0.15) is 23.7 Å². The first kappa shape index (κ1) is 27.0. The van der Waals surface area contributed by atoms with Gasteiger partial charge in [-0.3, -0.25) is 0 Å². The predicted molar refractivity (Wildman–Crippen MR) is 142 cm³/mol. The quantitative estimate of drug-likeness (QED) is 0.458. The number of rotatable bonds is 7. The van der Waals surface area contributed by atoms with Crippen LogP contribution in [0, 0.1) is 0 Å². The summed E-state index contributed by atoms with van der Waals surface area (Å²) >= 11 is 0. The summed E-state index contributed by atoms with van der Waals surface area (Å²) in [5.74, 6) is 3.62. The van der Waals surface area contributed by atoms with Gasteiger partial charge in [-0.1, -0.05) is 18.2 Å². The van der Waals surface area contributed by atoms with Gasteiger partial charge in [0.05, 0.1) is 26.4 Å². The fourth-order valence-corrected chi connectivity index (χ4v) is 4.48. The van der Waals surface area contributed by atoms with Crippen LogP contribution >= 0.6 is 0 Å². The Morgan fingerprint density at radius 1 is 0.775 bits per heavy atom. The van der Waals surface area contributed by atoms with E-state index in [1.807, 2.05) is 48.6 Å². The zero-order valence-corrected chi connectivity index (χ0v) is 22.3. The second-order valence-corrected chi connectivity index (χ2v) is 9.27. The van der Waals surface area contributed by atoms with Gasteiger partial charge < -0.3 is 37.9 Å². The van der Waals surface area contributed by atoms with Crippen LogP contribution in [0.5, 0.6) is 23.0 Å². The van der Waals surface area contributed by atoms with Crippen molar-refractivity contribution in [2.75, 3.05) is 27.8 Å². The Kier molecular flexibility index (Phi) is 8.44. The van der Waals surface area contributed by atoms with Crippen molar-refractivity contribution in [2.24, 2.45) is 0 Å². The smallest absolute Gasteiger partial charge is 0.334 e. The topological polar surface area (TPSA) is 108 Å². The second-order valence-electron chi connectivity index (χ2n) is 9.27. The van der Waals surface area contributed by atoms with E-state index < -0.39 is 0 Å². The molecule has 4 aliphatic heterocycles. The highest BCUT2D eigenvalue weighted by molar-refractivity contribution is 5.84. The highest BCUT2D eigenvalue weighted by Gasteiger charge is 2.23. The van der Waals surface area contributed by atoms with E-state index in [1.54, 1.807) is 14.2 Å². The fraction of sp³-hybridized carbons (Fsp3) is 0.333. The summed E-state index contributed by atoms with van der Waals surface area (Å²) in [5.41, 5.74) is 2.10. The number of hydrogen-bond acceptors (Lipinski definition) is 10. The summed E-state index contributed by atoms with van der Waals surface area (Å²) in [5, 5.41) is 0. The maximum atomic E-state index is 11.4. The van der Waals surface area contributed by atoms with E-state index in [0.717, 1.165) is 47.0 Å². The standard InChI is InChI=1S/C15H16O5.C15H14O5/c2*1-17-12-7-11(20-15(16)8-12)4-2-10-3-5-13-14(6-10)19-9-18-13/h3,5-6,8,11H,2,4,7,9H2,1H3;2-6,8,11H,7,9H2,1H3/b;4-2+/t2*11-/m11/s1. The normalized spacial score (nSPS) is 20.6. The van der Waals surface area contributed by atoms with Gasteiger partial charge in [0.2, 0.25) is 13.6 Å². The molecule has 40 heavy (non-hydrogen) atoms. The lowest BCUT2D eigenvalue weighted by Crippen LogP contribution is -2.23. The van der Waals surface area contributed by atoms with Gasteiger partial charge in [0.25, 0.3) is 0 Å². The van der Waals surface area contributed by atoms with Crippen molar-refractivity contribution in [1.82, 2.24) is 0 Å². The molecule has 0 bridgehead atoms. The molecule has 4 aliphatic rings. The van der Waals surface area contributed by atoms with Crippen molar-refractivity contribution < 1.29 is 47.5 Å². The van der Waals surface area contributed by atoms with Crippen molar-refractivity contribution in [2.45, 2.75) is 37.9 Å². The molecule has 0 saturated carbocycles. The molecule has 10 heteroatoms. The Morgan fingerprint density at radius 3 is 2.12 bits per heavy atom. The number of ether oxygens (including phenoxy) is 8. The van der Waals surface area contributed by atoms with Crippen molar-refractivity contribution in [3.05, 3.63) is 77.3 Å². The van der Waals surface area contributed by atoms with E-state index in [4.69, 9.17) is 37.9 Å². The molecule has 0 saturated heterocycles. The van der Waals surface area contributed by atoms with Crippen LogP contribution in [0.15, 0.2) is 66.1 Å². The fourth-order valence-electron chi connectivity index (χ4n) is 4.48. The van der Waals surface area contributed by atoms with Crippen LogP contribution in [0.3, 0.4) is 0 Å². The van der Waals surface area contributed by atoms with Gasteiger partial charge in [0, 0.05) is 12.8 Å². The van der Waals surface area contributed by atoms with Crippen LogP contribution < -0.4 is 18.9 Å². The molecule has 0 spiro atoms. The summed E-state index contributed by atoms with van der Waals surface area (Å²) in [6, 6.07) is 11.5.